The van der Waals surface area contributed by atoms with Crippen molar-refractivity contribution in [3.8, 4) is 0 Å². The van der Waals surface area contributed by atoms with Gasteiger partial charge in [-0.3, -0.25) is 0 Å². The summed E-state index contributed by atoms with van der Waals surface area (Å²) in [5.41, 5.74) is 0.217. The van der Waals surface area contributed by atoms with Crippen LogP contribution in [0.2, 0.25) is 0 Å². The lowest BCUT2D eigenvalue weighted by Crippen LogP contribution is -2.03. The molecule has 0 unspecified atom stereocenters. The molecular formula is C14H15F2N3OS. The average molecular weight is 311 g/mol. The maximum Gasteiger partial charge on any atom is 0.196 e. The maximum atomic E-state index is 14.0. The van der Waals surface area contributed by atoms with Gasteiger partial charge in [0.05, 0.1) is 11.5 Å². The zero-order valence-electron chi connectivity index (χ0n) is 11.4. The molecule has 0 aliphatic carbocycles. The molecule has 1 aliphatic heterocycles. The predicted molar refractivity (Wildman–Crippen MR) is 74.0 cm³/mol. The van der Waals surface area contributed by atoms with Crippen LogP contribution in [0.15, 0.2) is 22.2 Å². The van der Waals surface area contributed by atoms with Crippen LogP contribution in [-0.2, 0) is 19.6 Å². The van der Waals surface area contributed by atoms with Gasteiger partial charge in [0, 0.05) is 13.0 Å². The van der Waals surface area contributed by atoms with Crippen molar-refractivity contribution in [2.75, 3.05) is 0 Å². The van der Waals surface area contributed by atoms with Crippen molar-refractivity contribution < 1.29 is 13.9 Å². The second-order valence-corrected chi connectivity index (χ2v) is 5.99. The Morgan fingerprint density at radius 1 is 1.14 bits per heavy atom. The zero-order chi connectivity index (χ0) is 14.8. The van der Waals surface area contributed by atoms with E-state index in [4.69, 9.17) is 5.11 Å². The summed E-state index contributed by atoms with van der Waals surface area (Å²) in [5, 5.41) is 17.6. The van der Waals surface area contributed by atoms with Crippen molar-refractivity contribution in [3.05, 3.63) is 35.2 Å². The van der Waals surface area contributed by atoms with E-state index in [2.05, 4.69) is 10.2 Å². The van der Waals surface area contributed by atoms with Crippen molar-refractivity contribution in [2.24, 2.45) is 0 Å². The Morgan fingerprint density at radius 2 is 1.90 bits per heavy atom. The third-order valence-corrected chi connectivity index (χ3v) is 4.59. The van der Waals surface area contributed by atoms with Crippen molar-refractivity contribution in [1.29, 1.82) is 0 Å². The van der Waals surface area contributed by atoms with E-state index in [0.29, 0.717) is 5.16 Å². The molecule has 0 amide bonds. The van der Waals surface area contributed by atoms with Crippen LogP contribution in [0.1, 0.15) is 30.7 Å². The van der Waals surface area contributed by atoms with Gasteiger partial charge in [-0.1, -0.05) is 6.42 Å². The Balaban J connectivity index is 1.92. The van der Waals surface area contributed by atoms with Crippen molar-refractivity contribution in [3.63, 3.8) is 0 Å². The molecular weight excluding hydrogens is 296 g/mol. The number of halogens is 2. The highest BCUT2D eigenvalue weighted by atomic mass is 32.2. The van der Waals surface area contributed by atoms with Gasteiger partial charge in [-0.2, -0.15) is 0 Å². The van der Waals surface area contributed by atoms with Crippen LogP contribution in [0.4, 0.5) is 8.78 Å². The monoisotopic (exact) mass is 311 g/mol. The van der Waals surface area contributed by atoms with Gasteiger partial charge in [-0.15, -0.1) is 10.2 Å². The van der Waals surface area contributed by atoms with Crippen molar-refractivity contribution in [2.45, 2.75) is 48.9 Å². The highest BCUT2D eigenvalue weighted by Crippen LogP contribution is 2.33. The topological polar surface area (TPSA) is 50.9 Å². The lowest BCUT2D eigenvalue weighted by atomic mass is 10.2. The first kappa shape index (κ1) is 14.5. The summed E-state index contributed by atoms with van der Waals surface area (Å²) < 4.78 is 29.9. The largest absolute Gasteiger partial charge is 0.392 e. The average Bonchev–Trinajstić information content (AvgIpc) is 2.70. The van der Waals surface area contributed by atoms with Crippen LogP contribution >= 0.6 is 11.8 Å². The molecule has 112 valence electrons. The van der Waals surface area contributed by atoms with Gasteiger partial charge in [0.2, 0.25) is 0 Å². The lowest BCUT2D eigenvalue weighted by Gasteiger charge is -2.08. The molecule has 0 atom stereocenters. The Labute approximate surface area is 125 Å². The second-order valence-electron chi connectivity index (χ2n) is 5.01. The van der Waals surface area contributed by atoms with Gasteiger partial charge < -0.3 is 9.67 Å². The highest BCUT2D eigenvalue weighted by molar-refractivity contribution is 7.99. The summed E-state index contributed by atoms with van der Waals surface area (Å²) in [5.74, 6) is -0.493. The first-order valence-corrected chi connectivity index (χ1v) is 7.69. The molecule has 0 fully saturated rings. The van der Waals surface area contributed by atoms with Gasteiger partial charge in [0.25, 0.3) is 0 Å². The Bertz CT molecular complexity index is 637. The maximum absolute atomic E-state index is 14.0. The van der Waals surface area contributed by atoms with Crippen LogP contribution in [0.25, 0.3) is 0 Å². The molecule has 1 aliphatic rings. The van der Waals surface area contributed by atoms with Crippen LogP contribution in [0.5, 0.6) is 0 Å². The summed E-state index contributed by atoms with van der Waals surface area (Å²) in [6.45, 7) is 0.391. The number of hydrogen-bond donors (Lipinski definition) is 1. The number of hydrogen-bond acceptors (Lipinski definition) is 4. The molecule has 1 aromatic heterocycles. The highest BCUT2D eigenvalue weighted by Gasteiger charge is 2.19. The molecule has 0 bridgehead atoms. The molecule has 3 rings (SSSR count). The Hall–Kier alpha value is -1.47. The molecule has 1 aromatic carbocycles. The van der Waals surface area contributed by atoms with Gasteiger partial charge in [0.1, 0.15) is 17.5 Å². The molecule has 2 heterocycles. The van der Waals surface area contributed by atoms with Crippen molar-refractivity contribution >= 4 is 11.8 Å². The summed E-state index contributed by atoms with van der Waals surface area (Å²) in [7, 11) is 0. The fourth-order valence-electron chi connectivity index (χ4n) is 2.43. The normalized spacial score (nSPS) is 14.8. The third-order valence-electron chi connectivity index (χ3n) is 3.51. The van der Waals surface area contributed by atoms with E-state index >= 15 is 0 Å². The molecule has 21 heavy (non-hydrogen) atoms. The third kappa shape index (κ3) is 2.94. The van der Waals surface area contributed by atoms with E-state index < -0.39 is 11.6 Å². The summed E-state index contributed by atoms with van der Waals surface area (Å²) in [6, 6.07) is 2.29. The standard InChI is InChI=1S/C14H15F2N3OS/c15-10-6-9(8-20)7-11(16)13(10)21-14-18-17-12-4-2-1-3-5-19(12)14/h6-7,20H,1-5,8H2. The second kappa shape index (κ2) is 6.11. The van der Waals surface area contributed by atoms with E-state index in [1.165, 1.54) is 0 Å². The van der Waals surface area contributed by atoms with E-state index in [1.54, 1.807) is 0 Å². The summed E-state index contributed by atoms with van der Waals surface area (Å²) in [4.78, 5) is -0.105. The quantitative estimate of drug-likeness (QED) is 0.947. The fourth-order valence-corrected chi connectivity index (χ4v) is 3.31. The number of rotatable bonds is 3. The molecule has 0 saturated carbocycles. The van der Waals surface area contributed by atoms with E-state index in [-0.39, 0.29) is 17.1 Å². The first-order chi connectivity index (χ1) is 10.2. The smallest absolute Gasteiger partial charge is 0.196 e. The molecule has 1 N–H and O–H groups in total. The van der Waals surface area contributed by atoms with E-state index in [1.807, 2.05) is 4.57 Å². The van der Waals surface area contributed by atoms with Crippen LogP contribution < -0.4 is 0 Å². The molecule has 7 heteroatoms. The van der Waals surface area contributed by atoms with Crippen LogP contribution in [0.3, 0.4) is 0 Å². The number of benzene rings is 1. The van der Waals surface area contributed by atoms with Crippen LogP contribution in [-0.4, -0.2) is 19.9 Å². The number of aliphatic hydroxyl groups excluding tert-OH is 1. The summed E-state index contributed by atoms with van der Waals surface area (Å²) >= 11 is 0.948. The van der Waals surface area contributed by atoms with Crippen molar-refractivity contribution in [1.82, 2.24) is 14.8 Å². The lowest BCUT2D eigenvalue weighted by molar-refractivity contribution is 0.280. The van der Waals surface area contributed by atoms with Gasteiger partial charge in [-0.25, -0.2) is 8.78 Å². The molecule has 0 radical (unpaired) electrons. The van der Waals surface area contributed by atoms with Crippen LogP contribution in [0, 0.1) is 11.6 Å². The number of aromatic nitrogens is 3. The fraction of sp³-hybridized carbons (Fsp3) is 0.429. The molecule has 4 nitrogen and oxygen atoms in total. The zero-order valence-corrected chi connectivity index (χ0v) is 12.2. The van der Waals surface area contributed by atoms with E-state index in [0.717, 1.165) is 61.9 Å². The minimum atomic E-state index is -0.685. The SMILES string of the molecule is OCc1cc(F)c(Sc2nnc3n2CCCCC3)c(F)c1. The van der Waals surface area contributed by atoms with Gasteiger partial charge in [0.15, 0.2) is 5.16 Å². The minimum absolute atomic E-state index is 0.105. The Kier molecular flexibility index (Phi) is 4.21. The number of nitrogens with zero attached hydrogens (tertiary/aromatic N) is 3. The summed E-state index contributed by atoms with van der Waals surface area (Å²) in [6.07, 6.45) is 4.06. The van der Waals surface area contributed by atoms with Gasteiger partial charge >= 0.3 is 0 Å². The Morgan fingerprint density at radius 3 is 2.62 bits per heavy atom. The minimum Gasteiger partial charge on any atom is -0.392 e. The van der Waals surface area contributed by atoms with Gasteiger partial charge in [-0.05, 0) is 42.3 Å². The number of aliphatic hydroxyl groups is 1. The predicted octanol–water partition coefficient (Wildman–Crippen LogP) is 2.93. The number of fused-ring (bicyclic) bond motifs is 1. The molecule has 0 saturated heterocycles. The van der Waals surface area contributed by atoms with E-state index in [9.17, 15) is 8.78 Å². The molecule has 2 aromatic rings. The first-order valence-electron chi connectivity index (χ1n) is 6.87. The molecule has 0 spiro atoms. The number of aryl methyl sites for hydroxylation is 1.